The van der Waals surface area contributed by atoms with Crippen molar-refractivity contribution in [3.05, 3.63) is 28.9 Å². The predicted molar refractivity (Wildman–Crippen MR) is 135 cm³/mol. The number of halogens is 1. The number of aromatic nitrogens is 1. The van der Waals surface area contributed by atoms with E-state index in [1.165, 1.54) is 25.8 Å². The van der Waals surface area contributed by atoms with E-state index in [4.69, 9.17) is 25.6 Å². The fourth-order valence-corrected chi connectivity index (χ4v) is 6.14. The van der Waals surface area contributed by atoms with Crippen LogP contribution in [0, 0.1) is 5.92 Å². The van der Waals surface area contributed by atoms with E-state index >= 15 is 0 Å². The number of nitrogens with zero attached hydrogens (tertiary/aromatic N) is 2. The number of ether oxygens (including phenoxy) is 2. The molecular weight excluding hydrogens is 466 g/mol. The van der Waals surface area contributed by atoms with Crippen molar-refractivity contribution >= 4 is 28.5 Å². The SMILES string of the molecule is CC1(C)OC[C@H](CC(=O)N[C@H]2CC[C@H](CCN3CCC(c4noc5cc(Cl)ccc45)CC3)CC2)O1. The topological polar surface area (TPSA) is 76.8 Å². The van der Waals surface area contributed by atoms with Crippen LogP contribution in [0.25, 0.3) is 11.0 Å². The van der Waals surface area contributed by atoms with E-state index < -0.39 is 5.79 Å². The van der Waals surface area contributed by atoms with Gasteiger partial charge in [0, 0.05) is 28.4 Å². The minimum Gasteiger partial charge on any atom is -0.356 e. The Kier molecular flexibility index (Phi) is 7.68. The largest absolute Gasteiger partial charge is 0.356 e. The molecule has 1 amide bonds. The van der Waals surface area contributed by atoms with Gasteiger partial charge in [-0.05, 0) is 96.5 Å². The average molecular weight is 504 g/mol. The van der Waals surface area contributed by atoms with Crippen LogP contribution in [-0.4, -0.2) is 60.1 Å². The van der Waals surface area contributed by atoms with Crippen molar-refractivity contribution in [3.63, 3.8) is 0 Å². The van der Waals surface area contributed by atoms with Crippen LogP contribution in [0.4, 0.5) is 0 Å². The highest BCUT2D eigenvalue weighted by Gasteiger charge is 2.34. The van der Waals surface area contributed by atoms with Gasteiger partial charge in [0.2, 0.25) is 5.91 Å². The second-order valence-corrected chi connectivity index (χ2v) is 11.5. The van der Waals surface area contributed by atoms with E-state index in [2.05, 4.69) is 15.4 Å². The Labute approximate surface area is 212 Å². The van der Waals surface area contributed by atoms with Crippen LogP contribution in [-0.2, 0) is 14.3 Å². The van der Waals surface area contributed by atoms with Crippen LogP contribution >= 0.6 is 11.6 Å². The third-order valence-corrected chi connectivity index (χ3v) is 8.22. The fraction of sp³-hybridized carbons (Fsp3) is 0.704. The zero-order chi connectivity index (χ0) is 24.4. The lowest BCUT2D eigenvalue weighted by atomic mass is 9.83. The molecule has 3 fully saturated rings. The molecule has 35 heavy (non-hydrogen) atoms. The van der Waals surface area contributed by atoms with Crippen molar-refractivity contribution in [2.75, 3.05) is 26.2 Å². The van der Waals surface area contributed by atoms with Crippen molar-refractivity contribution in [2.45, 2.75) is 89.1 Å². The summed E-state index contributed by atoms with van der Waals surface area (Å²) in [5, 5.41) is 9.38. The molecule has 1 saturated carbocycles. The predicted octanol–water partition coefficient (Wildman–Crippen LogP) is 5.27. The van der Waals surface area contributed by atoms with Gasteiger partial charge in [0.05, 0.1) is 24.8 Å². The molecule has 1 N–H and O–H groups in total. The normalized spacial score (nSPS) is 27.9. The maximum atomic E-state index is 12.4. The standard InChI is InChI=1S/C27H38ClN3O4/c1-27(2)33-17-22(34-27)16-25(32)29-21-6-3-18(4-7-21)9-12-31-13-10-19(11-14-31)26-23-8-5-20(28)15-24(23)35-30-26/h5,8,15,18-19,21-22H,3-4,6-7,9-14,16-17H2,1-2H3,(H,29,32)/t18-,21-,22-/m0/s1. The van der Waals surface area contributed by atoms with Crippen LogP contribution in [0.15, 0.2) is 22.7 Å². The Bertz CT molecular complexity index is 1010. The molecule has 0 spiro atoms. The van der Waals surface area contributed by atoms with Gasteiger partial charge in [0.15, 0.2) is 11.4 Å². The molecule has 1 atom stereocenters. The van der Waals surface area contributed by atoms with Gasteiger partial charge in [-0.3, -0.25) is 4.79 Å². The Morgan fingerprint density at radius 3 is 2.66 bits per heavy atom. The molecule has 0 radical (unpaired) electrons. The van der Waals surface area contributed by atoms with Gasteiger partial charge in [-0.2, -0.15) is 0 Å². The van der Waals surface area contributed by atoms with Crippen LogP contribution in [0.5, 0.6) is 0 Å². The van der Waals surface area contributed by atoms with E-state index in [0.29, 0.717) is 30.0 Å². The molecule has 1 aromatic heterocycles. The van der Waals surface area contributed by atoms with Crippen LogP contribution < -0.4 is 5.32 Å². The number of likely N-dealkylation sites (tertiary alicyclic amines) is 1. The molecule has 3 heterocycles. The number of hydrogen-bond acceptors (Lipinski definition) is 6. The first-order valence-corrected chi connectivity index (χ1v) is 13.6. The summed E-state index contributed by atoms with van der Waals surface area (Å²) in [6.07, 6.45) is 8.30. The third kappa shape index (κ3) is 6.37. The average Bonchev–Trinajstić information content (AvgIpc) is 3.40. The van der Waals surface area contributed by atoms with Crippen molar-refractivity contribution in [2.24, 2.45) is 5.92 Å². The number of fused-ring (bicyclic) bond motifs is 1. The first-order valence-electron chi connectivity index (χ1n) is 13.2. The lowest BCUT2D eigenvalue weighted by Crippen LogP contribution is -2.40. The second kappa shape index (κ2) is 10.8. The second-order valence-electron chi connectivity index (χ2n) is 11.1. The molecule has 3 aliphatic rings. The molecule has 8 heteroatoms. The summed E-state index contributed by atoms with van der Waals surface area (Å²) in [4.78, 5) is 15.0. The number of nitrogens with one attached hydrogen (secondary N) is 1. The first kappa shape index (κ1) is 25.0. The lowest BCUT2D eigenvalue weighted by molar-refractivity contribution is -0.143. The van der Waals surface area contributed by atoms with Crippen LogP contribution in [0.3, 0.4) is 0 Å². The van der Waals surface area contributed by atoms with E-state index in [0.717, 1.165) is 61.4 Å². The molecule has 1 aliphatic carbocycles. The Morgan fingerprint density at radius 1 is 1.17 bits per heavy atom. The maximum Gasteiger partial charge on any atom is 0.222 e. The summed E-state index contributed by atoms with van der Waals surface area (Å²) in [5.74, 6) is 0.737. The van der Waals surface area contributed by atoms with E-state index in [-0.39, 0.29) is 12.0 Å². The zero-order valence-corrected chi connectivity index (χ0v) is 21.7. The number of piperidine rings is 1. The lowest BCUT2D eigenvalue weighted by Gasteiger charge is -2.34. The highest BCUT2D eigenvalue weighted by atomic mass is 35.5. The Balaban J connectivity index is 0.989. The molecule has 192 valence electrons. The number of benzene rings is 1. The van der Waals surface area contributed by atoms with Gasteiger partial charge >= 0.3 is 0 Å². The van der Waals surface area contributed by atoms with Gasteiger partial charge in [0.1, 0.15) is 0 Å². The summed E-state index contributed by atoms with van der Waals surface area (Å²) >= 11 is 6.08. The summed E-state index contributed by atoms with van der Waals surface area (Å²) in [5.41, 5.74) is 1.87. The quantitative estimate of drug-likeness (QED) is 0.554. The highest BCUT2D eigenvalue weighted by Crippen LogP contribution is 2.34. The van der Waals surface area contributed by atoms with Gasteiger partial charge in [-0.15, -0.1) is 0 Å². The smallest absolute Gasteiger partial charge is 0.222 e. The van der Waals surface area contributed by atoms with Gasteiger partial charge in [-0.1, -0.05) is 16.8 Å². The summed E-state index contributed by atoms with van der Waals surface area (Å²) < 4.78 is 16.9. The Hall–Kier alpha value is -1.67. The summed E-state index contributed by atoms with van der Waals surface area (Å²) in [6.45, 7) is 7.67. The number of hydrogen-bond donors (Lipinski definition) is 1. The minimum absolute atomic E-state index is 0.0885. The number of rotatable bonds is 7. The van der Waals surface area contributed by atoms with E-state index in [9.17, 15) is 4.79 Å². The van der Waals surface area contributed by atoms with Crippen molar-refractivity contribution < 1.29 is 18.8 Å². The minimum atomic E-state index is -0.572. The molecule has 0 unspecified atom stereocenters. The molecule has 1 aromatic carbocycles. The molecule has 2 aromatic rings. The first-order chi connectivity index (χ1) is 16.8. The monoisotopic (exact) mass is 503 g/mol. The van der Waals surface area contributed by atoms with Crippen molar-refractivity contribution in [1.82, 2.24) is 15.4 Å². The van der Waals surface area contributed by atoms with Crippen molar-refractivity contribution in [1.29, 1.82) is 0 Å². The van der Waals surface area contributed by atoms with Gasteiger partial charge < -0.3 is 24.2 Å². The highest BCUT2D eigenvalue weighted by molar-refractivity contribution is 6.31. The van der Waals surface area contributed by atoms with E-state index in [1.54, 1.807) is 0 Å². The molecule has 0 bridgehead atoms. The van der Waals surface area contributed by atoms with Gasteiger partial charge in [0.25, 0.3) is 0 Å². The van der Waals surface area contributed by atoms with E-state index in [1.807, 2.05) is 32.0 Å². The van der Waals surface area contributed by atoms with Crippen LogP contribution in [0.1, 0.15) is 76.8 Å². The van der Waals surface area contributed by atoms with Crippen LogP contribution in [0.2, 0.25) is 5.02 Å². The number of amides is 1. The molecule has 7 nitrogen and oxygen atoms in total. The summed E-state index contributed by atoms with van der Waals surface area (Å²) in [6, 6.07) is 6.10. The van der Waals surface area contributed by atoms with Gasteiger partial charge in [-0.25, -0.2) is 0 Å². The number of carbonyl (C=O) groups excluding carboxylic acids is 1. The van der Waals surface area contributed by atoms with Crippen molar-refractivity contribution in [3.8, 4) is 0 Å². The fourth-order valence-electron chi connectivity index (χ4n) is 5.97. The maximum absolute atomic E-state index is 12.4. The zero-order valence-electron chi connectivity index (χ0n) is 20.9. The molecular formula is C27H38ClN3O4. The molecule has 2 saturated heterocycles. The summed E-state index contributed by atoms with van der Waals surface area (Å²) in [7, 11) is 0. The molecule has 5 rings (SSSR count). The third-order valence-electron chi connectivity index (χ3n) is 7.98. The Morgan fingerprint density at radius 2 is 1.94 bits per heavy atom. The number of carbonyl (C=O) groups is 1. The molecule has 2 aliphatic heterocycles.